The van der Waals surface area contributed by atoms with Crippen molar-refractivity contribution in [1.29, 1.82) is 0 Å². The Morgan fingerprint density at radius 2 is 2.05 bits per heavy atom. The maximum Gasteiger partial charge on any atom is 0.242 e. The lowest BCUT2D eigenvalue weighted by Gasteiger charge is -2.33. The second-order valence-electron chi connectivity index (χ2n) is 4.91. The molecule has 0 bridgehead atoms. The van der Waals surface area contributed by atoms with Crippen molar-refractivity contribution in [2.24, 2.45) is 0 Å². The molecule has 1 N–H and O–H groups in total. The third-order valence-electron chi connectivity index (χ3n) is 3.54. The zero-order chi connectivity index (χ0) is 14.8. The smallest absolute Gasteiger partial charge is 0.242 e. The average molecular weight is 347 g/mol. The monoisotopic (exact) mass is 346 g/mol. The molecule has 0 spiro atoms. The second kappa shape index (κ2) is 5.81. The summed E-state index contributed by atoms with van der Waals surface area (Å²) >= 11 is 3.42. The van der Waals surface area contributed by atoms with Crippen LogP contribution in [0.4, 0.5) is 5.82 Å². The minimum absolute atomic E-state index is 0.0325. The minimum atomic E-state index is -0.216. The van der Waals surface area contributed by atoms with Gasteiger partial charge >= 0.3 is 0 Å². The maximum atomic E-state index is 11.8. The number of rotatable bonds is 2. The van der Waals surface area contributed by atoms with E-state index in [1.165, 1.54) is 0 Å². The van der Waals surface area contributed by atoms with E-state index in [0.717, 1.165) is 22.4 Å². The van der Waals surface area contributed by atoms with Crippen molar-refractivity contribution >= 4 is 27.7 Å². The summed E-state index contributed by atoms with van der Waals surface area (Å²) in [4.78, 5) is 22.7. The van der Waals surface area contributed by atoms with Crippen molar-refractivity contribution in [1.82, 2.24) is 15.3 Å². The van der Waals surface area contributed by atoms with E-state index in [1.54, 1.807) is 6.20 Å². The first kappa shape index (κ1) is 14.0. The Labute approximate surface area is 131 Å². The summed E-state index contributed by atoms with van der Waals surface area (Å²) in [6, 6.07) is 9.49. The highest BCUT2D eigenvalue weighted by Crippen LogP contribution is 2.22. The lowest BCUT2D eigenvalue weighted by Crippen LogP contribution is -2.54. The van der Waals surface area contributed by atoms with Gasteiger partial charge in [0.1, 0.15) is 11.9 Å². The van der Waals surface area contributed by atoms with Crippen LogP contribution in [0.15, 0.2) is 41.0 Å². The summed E-state index contributed by atoms with van der Waals surface area (Å²) in [7, 11) is 0. The number of benzene rings is 1. The number of anilines is 1. The van der Waals surface area contributed by atoms with Gasteiger partial charge in [0.25, 0.3) is 0 Å². The van der Waals surface area contributed by atoms with Crippen molar-refractivity contribution in [3.63, 3.8) is 0 Å². The van der Waals surface area contributed by atoms with Crippen LogP contribution in [0, 0.1) is 0 Å². The van der Waals surface area contributed by atoms with Crippen LogP contribution in [0.2, 0.25) is 0 Å². The molecule has 6 heteroatoms. The molecule has 2 heterocycles. The fraction of sp³-hybridized carbons (Fsp3) is 0.267. The molecule has 1 aliphatic heterocycles. The first-order valence-electron chi connectivity index (χ1n) is 6.78. The van der Waals surface area contributed by atoms with Crippen molar-refractivity contribution in [2.45, 2.75) is 13.0 Å². The number of hydrogen-bond donors (Lipinski definition) is 1. The first-order valence-corrected chi connectivity index (χ1v) is 7.58. The minimum Gasteiger partial charge on any atom is -0.353 e. The van der Waals surface area contributed by atoms with Gasteiger partial charge in [-0.2, -0.15) is 0 Å². The van der Waals surface area contributed by atoms with Crippen LogP contribution in [0.1, 0.15) is 6.92 Å². The molecule has 1 fully saturated rings. The molecule has 0 radical (unpaired) electrons. The van der Waals surface area contributed by atoms with Gasteiger partial charge in [-0.25, -0.2) is 9.97 Å². The Bertz CT molecular complexity index is 659. The quantitative estimate of drug-likeness (QED) is 0.905. The molecule has 1 aromatic heterocycles. The Morgan fingerprint density at radius 1 is 1.29 bits per heavy atom. The topological polar surface area (TPSA) is 58.1 Å². The molecular weight excluding hydrogens is 332 g/mol. The Morgan fingerprint density at radius 3 is 2.81 bits per heavy atom. The molecule has 108 valence electrons. The number of aromatic nitrogens is 2. The molecule has 0 saturated carbocycles. The summed E-state index contributed by atoms with van der Waals surface area (Å²) in [5.41, 5.74) is 0.953. The van der Waals surface area contributed by atoms with Crippen molar-refractivity contribution in [3.8, 4) is 11.4 Å². The normalized spacial score (nSPS) is 18.5. The van der Waals surface area contributed by atoms with E-state index >= 15 is 0 Å². The second-order valence-corrected chi connectivity index (χ2v) is 5.82. The van der Waals surface area contributed by atoms with Crippen LogP contribution < -0.4 is 10.2 Å². The Balaban J connectivity index is 1.92. The van der Waals surface area contributed by atoms with Gasteiger partial charge in [-0.3, -0.25) is 4.79 Å². The molecular formula is C15H15BrN4O. The van der Waals surface area contributed by atoms with Crippen LogP contribution in [0.5, 0.6) is 0 Å². The van der Waals surface area contributed by atoms with E-state index in [0.29, 0.717) is 12.4 Å². The van der Waals surface area contributed by atoms with Gasteiger partial charge in [0, 0.05) is 29.3 Å². The third-order valence-corrected chi connectivity index (χ3v) is 4.07. The first-order chi connectivity index (χ1) is 10.1. The molecule has 1 atom stereocenters. The molecule has 2 aromatic rings. The number of nitrogens with one attached hydrogen (secondary N) is 1. The van der Waals surface area contributed by atoms with Crippen molar-refractivity contribution in [3.05, 3.63) is 41.0 Å². The molecule has 1 saturated heterocycles. The number of carbonyl (C=O) groups is 1. The number of piperazine rings is 1. The van der Waals surface area contributed by atoms with Gasteiger partial charge in [0.2, 0.25) is 5.91 Å². The standard InChI is InChI=1S/C15H15BrN4O/c1-10-15(21)18-8-9-20(10)13-6-7-17-14(19-13)11-2-4-12(16)5-3-11/h2-7,10H,8-9H2,1H3,(H,18,21). The fourth-order valence-electron chi connectivity index (χ4n) is 2.34. The lowest BCUT2D eigenvalue weighted by atomic mass is 10.2. The van der Waals surface area contributed by atoms with E-state index in [9.17, 15) is 4.79 Å². The largest absolute Gasteiger partial charge is 0.353 e. The Kier molecular flexibility index (Phi) is 3.88. The van der Waals surface area contributed by atoms with E-state index in [1.807, 2.05) is 42.2 Å². The zero-order valence-corrected chi connectivity index (χ0v) is 13.2. The van der Waals surface area contributed by atoms with Gasteiger partial charge in [-0.05, 0) is 25.1 Å². The van der Waals surface area contributed by atoms with E-state index in [-0.39, 0.29) is 11.9 Å². The van der Waals surface area contributed by atoms with Crippen LogP contribution in [0.25, 0.3) is 11.4 Å². The van der Waals surface area contributed by atoms with E-state index in [4.69, 9.17) is 0 Å². The summed E-state index contributed by atoms with van der Waals surface area (Å²) in [5.74, 6) is 1.48. The molecule has 21 heavy (non-hydrogen) atoms. The van der Waals surface area contributed by atoms with E-state index < -0.39 is 0 Å². The fourth-order valence-corrected chi connectivity index (χ4v) is 2.61. The van der Waals surface area contributed by atoms with Crippen LogP contribution >= 0.6 is 15.9 Å². The molecule has 1 amide bonds. The predicted molar refractivity (Wildman–Crippen MR) is 85.0 cm³/mol. The molecule has 0 aliphatic carbocycles. The number of amides is 1. The molecule has 5 nitrogen and oxygen atoms in total. The maximum absolute atomic E-state index is 11.8. The van der Waals surface area contributed by atoms with Crippen LogP contribution in [-0.2, 0) is 4.79 Å². The number of halogens is 1. The van der Waals surface area contributed by atoms with E-state index in [2.05, 4.69) is 31.2 Å². The molecule has 3 rings (SSSR count). The number of nitrogens with zero attached hydrogens (tertiary/aromatic N) is 3. The van der Waals surface area contributed by atoms with Gasteiger partial charge in [-0.1, -0.05) is 28.1 Å². The van der Waals surface area contributed by atoms with Gasteiger partial charge < -0.3 is 10.2 Å². The molecule has 1 unspecified atom stereocenters. The molecule has 1 aromatic carbocycles. The number of carbonyl (C=O) groups excluding carboxylic acids is 1. The summed E-state index contributed by atoms with van der Waals surface area (Å²) in [6.45, 7) is 3.28. The van der Waals surface area contributed by atoms with Crippen LogP contribution in [0.3, 0.4) is 0 Å². The van der Waals surface area contributed by atoms with Crippen LogP contribution in [-0.4, -0.2) is 35.0 Å². The summed E-state index contributed by atoms with van der Waals surface area (Å²) in [5, 5.41) is 2.85. The number of hydrogen-bond acceptors (Lipinski definition) is 4. The lowest BCUT2D eigenvalue weighted by molar-refractivity contribution is -0.122. The highest BCUT2D eigenvalue weighted by atomic mass is 79.9. The highest BCUT2D eigenvalue weighted by molar-refractivity contribution is 9.10. The SMILES string of the molecule is CC1C(=O)NCCN1c1ccnc(-c2ccc(Br)cc2)n1. The highest BCUT2D eigenvalue weighted by Gasteiger charge is 2.26. The van der Waals surface area contributed by atoms with Crippen molar-refractivity contribution < 1.29 is 4.79 Å². The predicted octanol–water partition coefficient (Wildman–Crippen LogP) is 2.23. The zero-order valence-electron chi connectivity index (χ0n) is 11.6. The summed E-state index contributed by atoms with van der Waals surface area (Å²) < 4.78 is 1.02. The summed E-state index contributed by atoms with van der Waals surface area (Å²) in [6.07, 6.45) is 1.74. The Hall–Kier alpha value is -1.95. The molecule has 1 aliphatic rings. The van der Waals surface area contributed by atoms with Gasteiger partial charge in [0.05, 0.1) is 0 Å². The van der Waals surface area contributed by atoms with Gasteiger partial charge in [0.15, 0.2) is 5.82 Å². The average Bonchev–Trinajstić information content (AvgIpc) is 2.51. The van der Waals surface area contributed by atoms with Gasteiger partial charge in [-0.15, -0.1) is 0 Å². The van der Waals surface area contributed by atoms with Crippen molar-refractivity contribution in [2.75, 3.05) is 18.0 Å². The third kappa shape index (κ3) is 2.90.